The van der Waals surface area contributed by atoms with E-state index >= 15 is 0 Å². The Morgan fingerprint density at radius 1 is 1.33 bits per heavy atom. The van der Waals surface area contributed by atoms with Gasteiger partial charge in [-0.2, -0.15) is 0 Å². The van der Waals surface area contributed by atoms with Crippen LogP contribution in [0.4, 0.5) is 4.79 Å². The van der Waals surface area contributed by atoms with Crippen molar-refractivity contribution in [3.8, 4) is 0 Å². The lowest BCUT2D eigenvalue weighted by molar-refractivity contribution is -0.147. The number of ether oxygens (including phenoxy) is 2. The fraction of sp³-hybridized carbons (Fsp3) is 0.400. The third-order valence-electron chi connectivity index (χ3n) is 3.50. The molecule has 112 valence electrons. The molecule has 0 bridgehead atoms. The van der Waals surface area contributed by atoms with E-state index in [4.69, 9.17) is 4.74 Å². The van der Waals surface area contributed by atoms with E-state index in [0.29, 0.717) is 19.3 Å². The summed E-state index contributed by atoms with van der Waals surface area (Å²) in [6, 6.07) is 8.34. The van der Waals surface area contributed by atoms with Crippen molar-refractivity contribution in [1.29, 1.82) is 0 Å². The Morgan fingerprint density at radius 2 is 2.05 bits per heavy atom. The maximum Gasteiger partial charge on any atom is 0.410 e. The summed E-state index contributed by atoms with van der Waals surface area (Å²) in [5.74, 6) is -1.14. The Kier molecular flexibility index (Phi) is 4.92. The number of nitrogens with zero attached hydrogens (tertiary/aromatic N) is 1. The molecule has 1 fully saturated rings. The molecule has 1 aromatic rings. The van der Waals surface area contributed by atoms with Crippen LogP contribution >= 0.6 is 0 Å². The molecule has 1 aliphatic rings. The highest BCUT2D eigenvalue weighted by molar-refractivity contribution is 5.85. The van der Waals surface area contributed by atoms with Gasteiger partial charge in [-0.1, -0.05) is 30.3 Å². The SMILES string of the molecule is COC(=O)[C@@H]1[C@@H](C=O)CCN1C(=O)OCc1ccccc1. The number of aldehydes is 1. The Labute approximate surface area is 122 Å². The van der Waals surface area contributed by atoms with Crippen LogP contribution in [-0.4, -0.2) is 42.9 Å². The zero-order chi connectivity index (χ0) is 15.2. The molecule has 0 N–H and O–H groups in total. The Hall–Kier alpha value is -2.37. The third-order valence-corrected chi connectivity index (χ3v) is 3.50. The Morgan fingerprint density at radius 3 is 2.67 bits per heavy atom. The summed E-state index contributed by atoms with van der Waals surface area (Å²) in [5.41, 5.74) is 0.853. The summed E-state index contributed by atoms with van der Waals surface area (Å²) < 4.78 is 9.86. The van der Waals surface area contributed by atoms with E-state index in [1.54, 1.807) is 0 Å². The predicted molar refractivity (Wildman–Crippen MR) is 73.3 cm³/mol. The molecule has 0 saturated carbocycles. The van der Waals surface area contributed by atoms with E-state index in [-0.39, 0.29) is 6.61 Å². The van der Waals surface area contributed by atoms with Crippen molar-refractivity contribution in [1.82, 2.24) is 4.90 Å². The van der Waals surface area contributed by atoms with Gasteiger partial charge in [0.2, 0.25) is 0 Å². The molecule has 2 atom stereocenters. The van der Waals surface area contributed by atoms with Crippen LogP contribution in [0.25, 0.3) is 0 Å². The maximum absolute atomic E-state index is 12.1. The van der Waals surface area contributed by atoms with Gasteiger partial charge in [-0.05, 0) is 12.0 Å². The molecule has 1 aromatic carbocycles. The number of hydrogen-bond acceptors (Lipinski definition) is 5. The van der Waals surface area contributed by atoms with Gasteiger partial charge in [0.05, 0.1) is 7.11 Å². The first kappa shape index (κ1) is 15.0. The number of carbonyl (C=O) groups is 3. The number of carbonyl (C=O) groups excluding carboxylic acids is 3. The van der Waals surface area contributed by atoms with Crippen LogP contribution in [0.2, 0.25) is 0 Å². The standard InChI is InChI=1S/C15H17NO5/c1-20-14(18)13-12(9-17)7-8-16(13)15(19)21-10-11-5-3-2-4-6-11/h2-6,9,12-13H,7-8,10H2,1H3/t12-,13+/m1/s1. The lowest BCUT2D eigenvalue weighted by Crippen LogP contribution is -2.44. The van der Waals surface area contributed by atoms with Crippen LogP contribution in [0.1, 0.15) is 12.0 Å². The molecule has 0 unspecified atom stereocenters. The predicted octanol–water partition coefficient (Wildman–Crippen LogP) is 1.39. The number of benzene rings is 1. The summed E-state index contributed by atoms with van der Waals surface area (Å²) in [6.45, 7) is 0.423. The monoisotopic (exact) mass is 291 g/mol. The molecule has 1 saturated heterocycles. The molecule has 2 rings (SSSR count). The molecular weight excluding hydrogens is 274 g/mol. The van der Waals surface area contributed by atoms with Crippen LogP contribution in [-0.2, 0) is 25.7 Å². The van der Waals surface area contributed by atoms with E-state index in [0.717, 1.165) is 5.56 Å². The number of hydrogen-bond donors (Lipinski definition) is 0. The fourth-order valence-electron chi connectivity index (χ4n) is 2.39. The van der Waals surface area contributed by atoms with Gasteiger partial charge >= 0.3 is 12.1 Å². The van der Waals surface area contributed by atoms with E-state index in [1.165, 1.54) is 12.0 Å². The van der Waals surface area contributed by atoms with Gasteiger partial charge in [-0.25, -0.2) is 9.59 Å². The van der Waals surface area contributed by atoms with Crippen LogP contribution in [0.15, 0.2) is 30.3 Å². The molecule has 1 heterocycles. The fourth-order valence-corrected chi connectivity index (χ4v) is 2.39. The van der Waals surface area contributed by atoms with E-state index in [9.17, 15) is 14.4 Å². The second kappa shape index (κ2) is 6.88. The van der Waals surface area contributed by atoms with Gasteiger partial charge in [-0.15, -0.1) is 0 Å². The minimum Gasteiger partial charge on any atom is -0.467 e. The molecular formula is C15H17NO5. The minimum absolute atomic E-state index is 0.121. The van der Waals surface area contributed by atoms with Crippen molar-refractivity contribution in [2.75, 3.05) is 13.7 Å². The molecule has 0 aromatic heterocycles. The maximum atomic E-state index is 12.1. The lowest BCUT2D eigenvalue weighted by Gasteiger charge is -2.23. The zero-order valence-electron chi connectivity index (χ0n) is 11.7. The smallest absolute Gasteiger partial charge is 0.410 e. The van der Waals surface area contributed by atoms with Crippen molar-refractivity contribution in [3.05, 3.63) is 35.9 Å². The van der Waals surface area contributed by atoms with Crippen LogP contribution in [0, 0.1) is 5.92 Å². The summed E-state index contributed by atoms with van der Waals surface area (Å²) in [5, 5.41) is 0. The highest BCUT2D eigenvalue weighted by Crippen LogP contribution is 2.24. The van der Waals surface area contributed by atoms with Crippen molar-refractivity contribution in [3.63, 3.8) is 0 Å². The first-order valence-electron chi connectivity index (χ1n) is 6.67. The van der Waals surface area contributed by atoms with Crippen molar-refractivity contribution in [2.45, 2.75) is 19.1 Å². The highest BCUT2D eigenvalue weighted by atomic mass is 16.6. The van der Waals surface area contributed by atoms with Gasteiger partial charge < -0.3 is 14.3 Å². The van der Waals surface area contributed by atoms with Crippen molar-refractivity contribution in [2.24, 2.45) is 5.92 Å². The van der Waals surface area contributed by atoms with Gasteiger partial charge in [0, 0.05) is 12.5 Å². The largest absolute Gasteiger partial charge is 0.467 e. The minimum atomic E-state index is -0.893. The molecule has 1 aliphatic heterocycles. The molecule has 0 radical (unpaired) electrons. The van der Waals surface area contributed by atoms with Gasteiger partial charge in [-0.3, -0.25) is 4.90 Å². The van der Waals surface area contributed by atoms with Crippen molar-refractivity contribution >= 4 is 18.3 Å². The summed E-state index contributed by atoms with van der Waals surface area (Å²) in [7, 11) is 1.23. The topological polar surface area (TPSA) is 72.9 Å². The molecule has 6 nitrogen and oxygen atoms in total. The van der Waals surface area contributed by atoms with E-state index in [1.807, 2.05) is 30.3 Å². The number of rotatable bonds is 4. The molecule has 0 spiro atoms. The molecule has 6 heteroatoms. The highest BCUT2D eigenvalue weighted by Gasteiger charge is 2.43. The van der Waals surface area contributed by atoms with Crippen LogP contribution < -0.4 is 0 Å². The number of amides is 1. The lowest BCUT2D eigenvalue weighted by atomic mass is 10.0. The van der Waals surface area contributed by atoms with Crippen LogP contribution in [0.5, 0.6) is 0 Å². The van der Waals surface area contributed by atoms with Gasteiger partial charge in [0.1, 0.15) is 18.9 Å². The summed E-state index contributed by atoms with van der Waals surface area (Å²) >= 11 is 0. The second-order valence-corrected chi connectivity index (χ2v) is 4.79. The quantitative estimate of drug-likeness (QED) is 0.619. The Balaban J connectivity index is 2.00. The zero-order valence-corrected chi connectivity index (χ0v) is 11.7. The average Bonchev–Trinajstić information content (AvgIpc) is 2.96. The number of methoxy groups -OCH3 is 1. The first-order valence-corrected chi connectivity index (χ1v) is 6.67. The van der Waals surface area contributed by atoms with E-state index < -0.39 is 24.0 Å². The molecule has 21 heavy (non-hydrogen) atoms. The van der Waals surface area contributed by atoms with Gasteiger partial charge in [0.15, 0.2) is 0 Å². The van der Waals surface area contributed by atoms with E-state index in [2.05, 4.69) is 4.74 Å². The average molecular weight is 291 g/mol. The number of esters is 1. The normalized spacial score (nSPS) is 20.9. The molecule has 1 amide bonds. The third kappa shape index (κ3) is 3.39. The van der Waals surface area contributed by atoms with Crippen LogP contribution in [0.3, 0.4) is 0 Å². The molecule has 0 aliphatic carbocycles. The summed E-state index contributed by atoms with van der Waals surface area (Å²) in [4.78, 5) is 36.1. The van der Waals surface area contributed by atoms with Gasteiger partial charge in [0.25, 0.3) is 0 Å². The summed E-state index contributed by atoms with van der Waals surface area (Å²) in [6.07, 6.45) is 0.508. The van der Waals surface area contributed by atoms with Crippen molar-refractivity contribution < 1.29 is 23.9 Å². The number of likely N-dealkylation sites (tertiary alicyclic amines) is 1. The Bertz CT molecular complexity index is 516. The second-order valence-electron chi connectivity index (χ2n) is 4.79. The first-order chi connectivity index (χ1) is 10.2.